The Labute approximate surface area is 108 Å². The largest absolute Gasteiger partial charge is 0.523 e. The third-order valence-electron chi connectivity index (χ3n) is 1.66. The highest BCUT2D eigenvalue weighted by molar-refractivity contribution is 7.87. The van der Waals surface area contributed by atoms with Crippen LogP contribution in [0.3, 0.4) is 0 Å². The summed E-state index contributed by atoms with van der Waals surface area (Å²) in [7, 11) is -5.02. The average Bonchev–Trinajstić information content (AvgIpc) is 2.20. The molecule has 19 heavy (non-hydrogen) atoms. The van der Waals surface area contributed by atoms with Crippen LogP contribution in [0.2, 0.25) is 0 Å². The molecule has 0 N–H and O–H groups in total. The van der Waals surface area contributed by atoms with Crippen molar-refractivity contribution in [2.75, 3.05) is 13.7 Å². The second-order valence-corrected chi connectivity index (χ2v) is 5.99. The van der Waals surface area contributed by atoms with Crippen LogP contribution >= 0.6 is 0 Å². The van der Waals surface area contributed by atoms with Crippen LogP contribution in [0, 0.1) is 0 Å². The number of alkyl halides is 3. The van der Waals surface area contributed by atoms with E-state index in [1.54, 1.807) is 20.8 Å². The number of hydrogen-bond donors (Lipinski definition) is 0. The zero-order valence-electron chi connectivity index (χ0n) is 10.8. The average molecular weight is 308 g/mol. The predicted octanol–water partition coefficient (Wildman–Crippen LogP) is 1.21. The molecule has 0 saturated carbocycles. The molecule has 0 bridgehead atoms. The number of ether oxygens (including phenoxy) is 2. The van der Waals surface area contributed by atoms with Gasteiger partial charge in [0.2, 0.25) is 0 Å². The second-order valence-electron chi connectivity index (χ2n) is 4.43. The van der Waals surface area contributed by atoms with E-state index in [0.29, 0.717) is 0 Å². The van der Waals surface area contributed by atoms with Gasteiger partial charge in [-0.05, 0) is 20.8 Å². The van der Waals surface area contributed by atoms with Gasteiger partial charge < -0.3 is 9.47 Å². The lowest BCUT2D eigenvalue weighted by Crippen LogP contribution is -2.39. The summed E-state index contributed by atoms with van der Waals surface area (Å²) in [4.78, 5) is 11.2. The SMILES string of the molecule is COC(=O)[C@H](COC(C)(C)C)OS(=O)(=O)C(F)(F)F. The molecule has 0 fully saturated rings. The van der Waals surface area contributed by atoms with Gasteiger partial charge in [-0.1, -0.05) is 0 Å². The Kier molecular flexibility index (Phi) is 5.78. The van der Waals surface area contributed by atoms with E-state index in [4.69, 9.17) is 4.74 Å². The zero-order valence-corrected chi connectivity index (χ0v) is 11.6. The molecule has 0 spiro atoms. The third kappa shape index (κ3) is 6.21. The van der Waals surface area contributed by atoms with Crippen molar-refractivity contribution in [3.63, 3.8) is 0 Å². The Morgan fingerprint density at radius 2 is 1.68 bits per heavy atom. The fraction of sp³-hybridized carbons (Fsp3) is 0.889. The quantitative estimate of drug-likeness (QED) is 0.431. The number of hydrogen-bond acceptors (Lipinski definition) is 6. The van der Waals surface area contributed by atoms with Gasteiger partial charge in [-0.25, -0.2) is 8.98 Å². The Hall–Kier alpha value is -0.870. The van der Waals surface area contributed by atoms with Gasteiger partial charge in [-0.15, -0.1) is 0 Å². The number of carbonyl (C=O) groups is 1. The van der Waals surface area contributed by atoms with E-state index in [0.717, 1.165) is 7.11 Å². The first-order chi connectivity index (χ1) is 8.30. The van der Waals surface area contributed by atoms with Crippen LogP contribution in [0.25, 0.3) is 0 Å². The maximum absolute atomic E-state index is 12.1. The summed E-state index contributed by atoms with van der Waals surface area (Å²) in [6, 6.07) is 0. The lowest BCUT2D eigenvalue weighted by Gasteiger charge is -2.23. The van der Waals surface area contributed by atoms with E-state index in [9.17, 15) is 26.4 Å². The summed E-state index contributed by atoms with van der Waals surface area (Å²) < 4.78 is 71.0. The summed E-state index contributed by atoms with van der Waals surface area (Å²) >= 11 is 0. The van der Waals surface area contributed by atoms with Gasteiger partial charge in [0.15, 0.2) is 6.10 Å². The molecular weight excluding hydrogens is 293 g/mol. The van der Waals surface area contributed by atoms with E-state index >= 15 is 0 Å². The lowest BCUT2D eigenvalue weighted by atomic mass is 10.2. The minimum absolute atomic E-state index is 0.689. The van der Waals surface area contributed by atoms with E-state index in [1.165, 1.54) is 0 Å². The van der Waals surface area contributed by atoms with Crippen LogP contribution in [0.4, 0.5) is 13.2 Å². The van der Waals surface area contributed by atoms with Gasteiger partial charge in [-0.3, -0.25) is 0 Å². The predicted molar refractivity (Wildman–Crippen MR) is 57.6 cm³/mol. The molecule has 0 rings (SSSR count). The van der Waals surface area contributed by atoms with Crippen LogP contribution in [-0.2, 0) is 28.6 Å². The van der Waals surface area contributed by atoms with Crippen LogP contribution in [0.5, 0.6) is 0 Å². The summed E-state index contributed by atoms with van der Waals surface area (Å²) in [5.41, 5.74) is -6.42. The van der Waals surface area contributed by atoms with Crippen molar-refractivity contribution < 1.29 is 40.0 Å². The minimum Gasteiger partial charge on any atom is -0.467 e. The van der Waals surface area contributed by atoms with Gasteiger partial charge in [-0.2, -0.15) is 21.6 Å². The maximum Gasteiger partial charge on any atom is 0.523 e. The molecule has 0 saturated heterocycles. The fourth-order valence-corrected chi connectivity index (χ4v) is 1.35. The van der Waals surface area contributed by atoms with Gasteiger partial charge in [0.1, 0.15) is 0 Å². The number of halogens is 3. The number of esters is 1. The molecule has 0 aliphatic carbocycles. The minimum atomic E-state index is -5.90. The Balaban J connectivity index is 4.95. The van der Waals surface area contributed by atoms with Gasteiger partial charge in [0.05, 0.1) is 19.3 Å². The molecular formula is C9H15F3O6S. The Bertz CT molecular complexity index is 409. The standard InChI is InChI=1S/C9H15F3O6S/c1-8(2,3)17-5-6(7(13)16-4)18-19(14,15)9(10,11)12/h6H,5H2,1-4H3/t6-/m0/s1. The first-order valence-corrected chi connectivity index (χ1v) is 6.42. The highest BCUT2D eigenvalue weighted by atomic mass is 32.2. The van der Waals surface area contributed by atoms with Crippen molar-refractivity contribution in [1.29, 1.82) is 0 Å². The van der Waals surface area contributed by atoms with E-state index < -0.39 is 39.9 Å². The molecule has 0 heterocycles. The summed E-state index contributed by atoms with van der Waals surface area (Å²) in [6.45, 7) is 4.02. The molecule has 0 aliphatic rings. The molecule has 0 aliphatic heterocycles. The van der Waals surface area contributed by atoms with Gasteiger partial charge in [0, 0.05) is 0 Å². The summed E-state index contributed by atoms with van der Waals surface area (Å²) in [5, 5.41) is 0. The van der Waals surface area contributed by atoms with Crippen LogP contribution in [-0.4, -0.2) is 45.3 Å². The van der Waals surface area contributed by atoms with Gasteiger partial charge in [0.25, 0.3) is 0 Å². The number of methoxy groups -OCH3 is 1. The molecule has 1 atom stereocenters. The van der Waals surface area contributed by atoms with Crippen molar-refractivity contribution in [1.82, 2.24) is 0 Å². The van der Waals surface area contributed by atoms with Gasteiger partial charge >= 0.3 is 21.6 Å². The van der Waals surface area contributed by atoms with E-state index in [2.05, 4.69) is 8.92 Å². The molecule has 0 radical (unpaired) electrons. The highest BCUT2D eigenvalue weighted by Gasteiger charge is 2.49. The Morgan fingerprint density at radius 1 is 1.21 bits per heavy atom. The van der Waals surface area contributed by atoms with E-state index in [1.807, 2.05) is 0 Å². The Morgan fingerprint density at radius 3 is 2.00 bits per heavy atom. The normalized spacial score (nSPS) is 15.1. The van der Waals surface area contributed by atoms with Crippen molar-refractivity contribution in [2.45, 2.75) is 38.0 Å². The molecule has 0 aromatic rings. The first kappa shape index (κ1) is 18.1. The molecule has 0 unspecified atom stereocenters. The smallest absolute Gasteiger partial charge is 0.467 e. The monoisotopic (exact) mass is 308 g/mol. The van der Waals surface area contributed by atoms with Crippen molar-refractivity contribution in [2.24, 2.45) is 0 Å². The van der Waals surface area contributed by atoms with E-state index in [-0.39, 0.29) is 0 Å². The van der Waals surface area contributed by atoms with Crippen molar-refractivity contribution in [3.8, 4) is 0 Å². The fourth-order valence-electron chi connectivity index (χ4n) is 0.800. The summed E-state index contributed by atoms with van der Waals surface area (Å²) in [6.07, 6.45) is -2.02. The van der Waals surface area contributed by atoms with Crippen LogP contribution in [0.15, 0.2) is 0 Å². The number of carbonyl (C=O) groups excluding carboxylic acids is 1. The second kappa shape index (κ2) is 6.06. The highest BCUT2D eigenvalue weighted by Crippen LogP contribution is 2.26. The molecule has 0 aromatic carbocycles. The van der Waals surface area contributed by atoms with Crippen molar-refractivity contribution in [3.05, 3.63) is 0 Å². The lowest BCUT2D eigenvalue weighted by molar-refractivity contribution is -0.155. The zero-order chi connectivity index (χ0) is 15.5. The molecule has 6 nitrogen and oxygen atoms in total. The number of rotatable bonds is 5. The topological polar surface area (TPSA) is 78.9 Å². The summed E-state index contributed by atoms with van der Waals surface area (Å²) in [5.74, 6) is -1.28. The van der Waals surface area contributed by atoms with Crippen LogP contribution in [0.1, 0.15) is 20.8 Å². The third-order valence-corrected chi connectivity index (χ3v) is 2.71. The first-order valence-electron chi connectivity index (χ1n) is 5.01. The molecule has 0 amide bonds. The van der Waals surface area contributed by atoms with Crippen LogP contribution < -0.4 is 0 Å². The van der Waals surface area contributed by atoms with Crippen molar-refractivity contribution >= 4 is 16.1 Å². The molecule has 10 heteroatoms. The molecule has 0 aromatic heterocycles. The maximum atomic E-state index is 12.1. The molecule has 114 valence electrons.